The molecule has 0 spiro atoms. The highest BCUT2D eigenvalue weighted by atomic mass is 19.1. The van der Waals surface area contributed by atoms with Crippen LogP contribution in [0, 0.1) is 11.6 Å². The Morgan fingerprint density at radius 3 is 2.89 bits per heavy atom. The van der Waals surface area contributed by atoms with Crippen LogP contribution in [0.2, 0.25) is 0 Å². The van der Waals surface area contributed by atoms with E-state index in [2.05, 4.69) is 17.2 Å². The molecule has 0 amide bonds. The number of nitrogens with one attached hydrogen (secondary N) is 1. The molecule has 1 aromatic heterocycles. The Morgan fingerprint density at radius 2 is 2.11 bits per heavy atom. The number of fused-ring (bicyclic) bond motifs is 2. The summed E-state index contributed by atoms with van der Waals surface area (Å²) in [5.74, 6) is -1.13. The lowest BCUT2D eigenvalue weighted by molar-refractivity contribution is 0.590. The van der Waals surface area contributed by atoms with Crippen molar-refractivity contribution in [1.82, 2.24) is 4.98 Å². The summed E-state index contributed by atoms with van der Waals surface area (Å²) in [7, 11) is 0. The van der Waals surface area contributed by atoms with E-state index in [9.17, 15) is 8.78 Å². The summed E-state index contributed by atoms with van der Waals surface area (Å²) in [5, 5.41) is 3.88. The van der Waals surface area contributed by atoms with Gasteiger partial charge in [0.1, 0.15) is 11.3 Å². The molecular weight excluding hydrogens is 246 g/mol. The molecule has 1 N–H and O–H groups in total. The molecule has 1 aliphatic carbocycles. The molecule has 1 aromatic carbocycles. The number of nitrogens with zero attached hydrogens (tertiary/aromatic N) is 1. The van der Waals surface area contributed by atoms with Crippen LogP contribution in [0.3, 0.4) is 0 Å². The predicted molar refractivity (Wildman–Crippen MR) is 72.5 cm³/mol. The van der Waals surface area contributed by atoms with Gasteiger partial charge in [0, 0.05) is 29.4 Å². The van der Waals surface area contributed by atoms with E-state index < -0.39 is 11.6 Å². The van der Waals surface area contributed by atoms with Crippen molar-refractivity contribution >= 4 is 16.6 Å². The zero-order chi connectivity index (χ0) is 13.4. The van der Waals surface area contributed by atoms with E-state index in [4.69, 9.17) is 0 Å². The molecule has 100 valence electrons. The van der Waals surface area contributed by atoms with Gasteiger partial charge in [-0.05, 0) is 37.3 Å². The van der Waals surface area contributed by atoms with Gasteiger partial charge >= 0.3 is 0 Å². The summed E-state index contributed by atoms with van der Waals surface area (Å²) in [4.78, 5) is 4.38. The van der Waals surface area contributed by atoms with Crippen molar-refractivity contribution in [3.05, 3.63) is 35.0 Å². The van der Waals surface area contributed by atoms with Crippen molar-refractivity contribution in [2.75, 3.05) is 11.9 Å². The summed E-state index contributed by atoms with van der Waals surface area (Å²) in [6, 6.07) is 2.28. The first kappa shape index (κ1) is 12.3. The van der Waals surface area contributed by atoms with Crippen LogP contribution in [0.15, 0.2) is 12.1 Å². The van der Waals surface area contributed by atoms with Gasteiger partial charge in [-0.15, -0.1) is 0 Å². The Kier molecular flexibility index (Phi) is 3.09. The van der Waals surface area contributed by atoms with Crippen LogP contribution >= 0.6 is 0 Å². The molecule has 3 rings (SSSR count). The molecule has 0 saturated heterocycles. The first-order valence-corrected chi connectivity index (χ1v) is 6.75. The topological polar surface area (TPSA) is 24.9 Å². The molecule has 2 nitrogen and oxygen atoms in total. The summed E-state index contributed by atoms with van der Waals surface area (Å²) in [6.07, 6.45) is 3.81. The second kappa shape index (κ2) is 4.76. The van der Waals surface area contributed by atoms with Gasteiger partial charge in [0.2, 0.25) is 0 Å². The van der Waals surface area contributed by atoms with Crippen molar-refractivity contribution in [1.29, 1.82) is 0 Å². The van der Waals surface area contributed by atoms with E-state index >= 15 is 0 Å². The molecular formula is C15H16F2N2. The first-order chi connectivity index (χ1) is 9.20. The summed E-state index contributed by atoms with van der Waals surface area (Å²) in [6.45, 7) is 2.86. The molecule has 0 atom stereocenters. The number of halogens is 2. The third-order valence-electron chi connectivity index (χ3n) is 3.59. The molecule has 0 bridgehead atoms. The molecule has 0 aliphatic heterocycles. The van der Waals surface area contributed by atoms with Crippen molar-refractivity contribution in [3.8, 4) is 0 Å². The minimum Gasteiger partial charge on any atom is -0.384 e. The summed E-state index contributed by atoms with van der Waals surface area (Å²) in [5.41, 5.74) is 3.24. The number of aryl methyl sites for hydroxylation is 1. The number of pyridine rings is 1. The van der Waals surface area contributed by atoms with Crippen LogP contribution in [-0.4, -0.2) is 11.5 Å². The highest BCUT2D eigenvalue weighted by molar-refractivity contribution is 5.94. The zero-order valence-corrected chi connectivity index (χ0v) is 10.9. The number of hydrogen-bond acceptors (Lipinski definition) is 2. The Balaban J connectivity index is 2.28. The first-order valence-electron chi connectivity index (χ1n) is 6.75. The van der Waals surface area contributed by atoms with E-state index in [0.717, 1.165) is 55.2 Å². The van der Waals surface area contributed by atoms with Crippen molar-refractivity contribution in [2.24, 2.45) is 0 Å². The highest BCUT2D eigenvalue weighted by Gasteiger charge is 2.21. The number of benzene rings is 1. The average molecular weight is 262 g/mol. The summed E-state index contributed by atoms with van der Waals surface area (Å²) < 4.78 is 27.3. The van der Waals surface area contributed by atoms with Crippen LogP contribution in [0.5, 0.6) is 0 Å². The third kappa shape index (κ3) is 2.05. The number of aromatic nitrogens is 1. The van der Waals surface area contributed by atoms with Gasteiger partial charge in [-0.2, -0.15) is 0 Å². The molecule has 0 saturated carbocycles. The van der Waals surface area contributed by atoms with E-state index in [0.29, 0.717) is 5.39 Å². The van der Waals surface area contributed by atoms with Crippen molar-refractivity contribution < 1.29 is 8.78 Å². The Morgan fingerprint density at radius 1 is 1.26 bits per heavy atom. The van der Waals surface area contributed by atoms with Gasteiger partial charge in [-0.3, -0.25) is 0 Å². The van der Waals surface area contributed by atoms with E-state index in [1.807, 2.05) is 0 Å². The Labute approximate surface area is 110 Å². The van der Waals surface area contributed by atoms with Crippen LogP contribution in [0.1, 0.15) is 31.0 Å². The smallest absolute Gasteiger partial charge is 0.152 e. The quantitative estimate of drug-likeness (QED) is 0.909. The maximum atomic E-state index is 13.9. The van der Waals surface area contributed by atoms with Crippen LogP contribution in [0.25, 0.3) is 10.9 Å². The van der Waals surface area contributed by atoms with Crippen molar-refractivity contribution in [3.63, 3.8) is 0 Å². The fourth-order valence-corrected chi connectivity index (χ4v) is 2.74. The van der Waals surface area contributed by atoms with Gasteiger partial charge in [0.05, 0.1) is 0 Å². The summed E-state index contributed by atoms with van der Waals surface area (Å²) >= 11 is 0. The van der Waals surface area contributed by atoms with Gasteiger partial charge in [-0.25, -0.2) is 13.8 Å². The second-order valence-corrected chi connectivity index (χ2v) is 4.98. The largest absolute Gasteiger partial charge is 0.384 e. The van der Waals surface area contributed by atoms with Crippen LogP contribution in [-0.2, 0) is 12.8 Å². The Bertz CT molecular complexity index is 638. The second-order valence-electron chi connectivity index (χ2n) is 4.98. The molecule has 0 unspecified atom stereocenters. The highest BCUT2D eigenvalue weighted by Crippen LogP contribution is 2.35. The number of anilines is 1. The molecule has 1 heterocycles. The lowest BCUT2D eigenvalue weighted by Crippen LogP contribution is -2.06. The zero-order valence-electron chi connectivity index (χ0n) is 10.9. The third-order valence-corrected chi connectivity index (χ3v) is 3.59. The van der Waals surface area contributed by atoms with Gasteiger partial charge in [-0.1, -0.05) is 6.92 Å². The molecule has 0 fully saturated rings. The van der Waals surface area contributed by atoms with Crippen molar-refractivity contribution in [2.45, 2.75) is 32.6 Å². The molecule has 1 aliphatic rings. The van der Waals surface area contributed by atoms with E-state index in [-0.39, 0.29) is 5.52 Å². The molecule has 19 heavy (non-hydrogen) atoms. The molecule has 4 heteroatoms. The fourth-order valence-electron chi connectivity index (χ4n) is 2.74. The Hall–Kier alpha value is -1.71. The fraction of sp³-hybridized carbons (Fsp3) is 0.400. The number of rotatable bonds is 3. The number of hydrogen-bond donors (Lipinski definition) is 1. The average Bonchev–Trinajstić information content (AvgIpc) is 2.83. The van der Waals surface area contributed by atoms with Gasteiger partial charge < -0.3 is 5.32 Å². The predicted octanol–water partition coefficient (Wildman–Crippen LogP) is 3.82. The van der Waals surface area contributed by atoms with Gasteiger partial charge in [0.15, 0.2) is 5.82 Å². The SMILES string of the molecule is CCCNc1c2c(nc3c(F)cc(F)cc13)CCC2. The monoisotopic (exact) mass is 262 g/mol. The standard InChI is InChI=1S/C15H16F2N2/c1-2-6-18-14-10-4-3-5-13(10)19-15-11(14)7-9(16)8-12(15)17/h7-8H,2-6H2,1H3,(H,18,19). The molecule has 0 radical (unpaired) electrons. The van der Waals surface area contributed by atoms with E-state index in [1.54, 1.807) is 0 Å². The van der Waals surface area contributed by atoms with Crippen LogP contribution < -0.4 is 5.32 Å². The molecule has 2 aromatic rings. The maximum Gasteiger partial charge on any atom is 0.152 e. The lowest BCUT2D eigenvalue weighted by Gasteiger charge is -2.14. The van der Waals surface area contributed by atoms with Gasteiger partial charge in [0.25, 0.3) is 0 Å². The maximum absolute atomic E-state index is 13.9. The lowest BCUT2D eigenvalue weighted by atomic mass is 10.1. The normalized spacial score (nSPS) is 13.8. The minimum absolute atomic E-state index is 0.278. The van der Waals surface area contributed by atoms with Crippen LogP contribution in [0.4, 0.5) is 14.5 Å². The minimum atomic E-state index is -0.579. The van der Waals surface area contributed by atoms with E-state index in [1.165, 1.54) is 6.07 Å².